The quantitative estimate of drug-likeness (QED) is 0.899. The molecule has 1 aromatic rings. The van der Waals surface area contributed by atoms with E-state index in [1.165, 1.54) is 51.6 Å². The van der Waals surface area contributed by atoms with Crippen molar-refractivity contribution in [2.75, 3.05) is 13.1 Å². The number of nitrogens with zero attached hydrogens (tertiary/aromatic N) is 1. The Balaban J connectivity index is 1.76. The summed E-state index contributed by atoms with van der Waals surface area (Å²) in [5.41, 5.74) is 1.10. The fourth-order valence-electron chi connectivity index (χ4n) is 3.93. The molecule has 3 atom stereocenters. The molecule has 2 fully saturated rings. The minimum Gasteiger partial charge on any atom is -0.388 e. The van der Waals surface area contributed by atoms with Crippen molar-refractivity contribution in [3.8, 4) is 0 Å². The number of benzene rings is 1. The number of rotatable bonds is 3. The number of aliphatic hydroxyl groups is 1. The average Bonchev–Trinajstić information content (AvgIpc) is 3.01. The Morgan fingerprint density at radius 1 is 0.947 bits per heavy atom. The van der Waals surface area contributed by atoms with E-state index in [4.69, 9.17) is 0 Å². The van der Waals surface area contributed by atoms with Gasteiger partial charge in [0.15, 0.2) is 0 Å². The van der Waals surface area contributed by atoms with E-state index in [2.05, 4.69) is 17.0 Å². The van der Waals surface area contributed by atoms with Crippen molar-refractivity contribution >= 4 is 0 Å². The first kappa shape index (κ1) is 13.1. The highest BCUT2D eigenvalue weighted by Gasteiger charge is 2.35. The third-order valence-corrected chi connectivity index (χ3v) is 4.94. The van der Waals surface area contributed by atoms with Gasteiger partial charge in [-0.2, -0.15) is 0 Å². The summed E-state index contributed by atoms with van der Waals surface area (Å²) < 4.78 is 0. The Morgan fingerprint density at radius 3 is 2.37 bits per heavy atom. The van der Waals surface area contributed by atoms with Gasteiger partial charge >= 0.3 is 0 Å². The van der Waals surface area contributed by atoms with E-state index in [0.29, 0.717) is 12.0 Å². The molecule has 1 N–H and O–H groups in total. The SMILES string of the molecule is O[C@H](c1ccccc1)[C@@H]1CCCC[C@@H]1N1CCCC1. The van der Waals surface area contributed by atoms with Crippen LogP contribution in [-0.2, 0) is 0 Å². The molecule has 0 unspecified atom stereocenters. The molecule has 2 nitrogen and oxygen atoms in total. The van der Waals surface area contributed by atoms with Gasteiger partial charge in [0, 0.05) is 12.0 Å². The summed E-state index contributed by atoms with van der Waals surface area (Å²) in [5, 5.41) is 10.7. The molecule has 2 heteroatoms. The maximum Gasteiger partial charge on any atom is 0.0833 e. The van der Waals surface area contributed by atoms with Crippen LogP contribution < -0.4 is 0 Å². The summed E-state index contributed by atoms with van der Waals surface area (Å²) in [4.78, 5) is 2.63. The minimum atomic E-state index is -0.285. The zero-order valence-corrected chi connectivity index (χ0v) is 11.7. The third kappa shape index (κ3) is 2.85. The Labute approximate surface area is 116 Å². The molecule has 1 saturated heterocycles. The topological polar surface area (TPSA) is 23.5 Å². The summed E-state index contributed by atoms with van der Waals surface area (Å²) in [6.45, 7) is 2.48. The lowest BCUT2D eigenvalue weighted by Gasteiger charge is -2.40. The first-order valence-electron chi connectivity index (χ1n) is 7.83. The summed E-state index contributed by atoms with van der Waals surface area (Å²) in [5.74, 6) is 0.425. The molecular weight excluding hydrogens is 234 g/mol. The highest BCUT2D eigenvalue weighted by molar-refractivity contribution is 5.18. The third-order valence-electron chi connectivity index (χ3n) is 4.94. The van der Waals surface area contributed by atoms with Crippen LogP contribution in [-0.4, -0.2) is 29.1 Å². The lowest BCUT2D eigenvalue weighted by molar-refractivity contribution is 0.0195. The Hall–Kier alpha value is -0.860. The van der Waals surface area contributed by atoms with Crippen LogP contribution in [0, 0.1) is 5.92 Å². The predicted molar refractivity (Wildman–Crippen MR) is 78.0 cm³/mol. The van der Waals surface area contributed by atoms with E-state index in [0.717, 1.165) is 5.56 Å². The van der Waals surface area contributed by atoms with Gasteiger partial charge in [0.1, 0.15) is 0 Å². The molecule has 104 valence electrons. The van der Waals surface area contributed by atoms with Crippen molar-refractivity contribution in [2.45, 2.75) is 50.7 Å². The molecule has 2 aliphatic rings. The Bertz CT molecular complexity index is 386. The molecule has 19 heavy (non-hydrogen) atoms. The minimum absolute atomic E-state index is 0.285. The lowest BCUT2D eigenvalue weighted by atomic mass is 9.78. The van der Waals surface area contributed by atoms with Crippen molar-refractivity contribution in [2.24, 2.45) is 5.92 Å². The van der Waals surface area contributed by atoms with Crippen LogP contribution in [0.25, 0.3) is 0 Å². The van der Waals surface area contributed by atoms with Gasteiger partial charge in [0.05, 0.1) is 6.10 Å². The zero-order chi connectivity index (χ0) is 13.1. The van der Waals surface area contributed by atoms with Crippen molar-refractivity contribution in [1.29, 1.82) is 0 Å². The Kier molecular flexibility index (Phi) is 4.19. The summed E-state index contributed by atoms with van der Waals surface area (Å²) >= 11 is 0. The number of likely N-dealkylation sites (tertiary alicyclic amines) is 1. The molecule has 0 bridgehead atoms. The van der Waals surface area contributed by atoms with Gasteiger partial charge in [-0.05, 0) is 44.3 Å². The number of aliphatic hydroxyl groups excluding tert-OH is 1. The van der Waals surface area contributed by atoms with Gasteiger partial charge in [-0.1, -0.05) is 43.2 Å². The summed E-state index contributed by atoms with van der Waals surface area (Å²) in [6.07, 6.45) is 7.45. The van der Waals surface area contributed by atoms with Crippen molar-refractivity contribution in [1.82, 2.24) is 4.90 Å². The fraction of sp³-hybridized carbons (Fsp3) is 0.647. The highest BCUT2D eigenvalue weighted by atomic mass is 16.3. The largest absolute Gasteiger partial charge is 0.388 e. The number of hydrogen-bond donors (Lipinski definition) is 1. The van der Waals surface area contributed by atoms with E-state index in [9.17, 15) is 5.11 Å². The average molecular weight is 259 g/mol. The second kappa shape index (κ2) is 6.06. The van der Waals surface area contributed by atoms with E-state index in [1.54, 1.807) is 0 Å². The molecule has 0 aromatic heterocycles. The van der Waals surface area contributed by atoms with Crippen LogP contribution in [0.1, 0.15) is 50.2 Å². The van der Waals surface area contributed by atoms with Crippen LogP contribution >= 0.6 is 0 Å². The maximum atomic E-state index is 10.7. The molecule has 0 radical (unpaired) electrons. The van der Waals surface area contributed by atoms with Crippen LogP contribution in [0.2, 0.25) is 0 Å². The van der Waals surface area contributed by atoms with Gasteiger partial charge in [0.2, 0.25) is 0 Å². The highest BCUT2D eigenvalue weighted by Crippen LogP contribution is 2.38. The second-order valence-electron chi connectivity index (χ2n) is 6.11. The zero-order valence-electron chi connectivity index (χ0n) is 11.7. The van der Waals surface area contributed by atoms with Crippen molar-refractivity contribution in [3.63, 3.8) is 0 Å². The molecule has 1 aromatic carbocycles. The van der Waals surface area contributed by atoms with E-state index >= 15 is 0 Å². The van der Waals surface area contributed by atoms with Gasteiger partial charge in [-0.3, -0.25) is 0 Å². The van der Waals surface area contributed by atoms with Gasteiger partial charge in [-0.15, -0.1) is 0 Å². The first-order chi connectivity index (χ1) is 9.36. The number of hydrogen-bond acceptors (Lipinski definition) is 2. The monoisotopic (exact) mass is 259 g/mol. The first-order valence-corrected chi connectivity index (χ1v) is 7.83. The molecule has 1 heterocycles. The summed E-state index contributed by atoms with van der Waals surface area (Å²) in [6, 6.07) is 10.8. The van der Waals surface area contributed by atoms with Crippen LogP contribution in [0.4, 0.5) is 0 Å². The van der Waals surface area contributed by atoms with Gasteiger partial charge in [-0.25, -0.2) is 0 Å². The van der Waals surface area contributed by atoms with Gasteiger partial charge in [0.25, 0.3) is 0 Å². The van der Waals surface area contributed by atoms with E-state index in [1.807, 2.05) is 18.2 Å². The van der Waals surface area contributed by atoms with E-state index < -0.39 is 0 Å². The standard InChI is InChI=1S/C17H25NO/c19-17(14-8-2-1-3-9-14)15-10-4-5-11-16(15)18-12-6-7-13-18/h1-3,8-9,15-17,19H,4-7,10-13H2/t15-,16+,17-/m1/s1. The normalized spacial score (nSPS) is 30.4. The Morgan fingerprint density at radius 2 is 1.63 bits per heavy atom. The van der Waals surface area contributed by atoms with Crippen LogP contribution in [0.15, 0.2) is 30.3 Å². The van der Waals surface area contributed by atoms with Crippen molar-refractivity contribution < 1.29 is 5.11 Å². The second-order valence-corrected chi connectivity index (χ2v) is 6.11. The molecular formula is C17H25NO. The smallest absolute Gasteiger partial charge is 0.0833 e. The molecule has 1 aliphatic carbocycles. The molecule has 0 amide bonds. The molecule has 0 spiro atoms. The van der Waals surface area contributed by atoms with E-state index in [-0.39, 0.29) is 6.10 Å². The predicted octanol–water partition coefficient (Wildman–Crippen LogP) is 3.37. The molecule has 1 saturated carbocycles. The molecule has 3 rings (SSSR count). The van der Waals surface area contributed by atoms with Crippen LogP contribution in [0.5, 0.6) is 0 Å². The molecule has 1 aliphatic heterocycles. The van der Waals surface area contributed by atoms with Crippen LogP contribution in [0.3, 0.4) is 0 Å². The fourth-order valence-corrected chi connectivity index (χ4v) is 3.93. The van der Waals surface area contributed by atoms with Crippen molar-refractivity contribution in [3.05, 3.63) is 35.9 Å². The lowest BCUT2D eigenvalue weighted by Crippen LogP contribution is -2.43. The van der Waals surface area contributed by atoms with Gasteiger partial charge < -0.3 is 10.0 Å². The summed E-state index contributed by atoms with van der Waals surface area (Å²) in [7, 11) is 0. The maximum absolute atomic E-state index is 10.7.